The SMILES string of the molecule is CCCCCN(C(=O)Nc1cc(CC(N)=O)c(F)cc1F)C1CCN(Cc2ccc(Oc3ccc(S(C)(=O)=O)cc3)nc2)CC1. The van der Waals surface area contributed by atoms with Crippen molar-refractivity contribution in [3.8, 4) is 11.6 Å². The fourth-order valence-corrected chi connectivity index (χ4v) is 5.90. The van der Waals surface area contributed by atoms with Crippen molar-refractivity contribution in [2.75, 3.05) is 31.2 Å². The Kier molecular flexibility index (Phi) is 11.5. The molecular weight excluding hydrogens is 604 g/mol. The predicted molar refractivity (Wildman–Crippen MR) is 167 cm³/mol. The predicted octanol–water partition coefficient (Wildman–Crippen LogP) is 5.27. The summed E-state index contributed by atoms with van der Waals surface area (Å²) in [6, 6.07) is 11.1. The number of nitrogens with two attached hydrogens (primary N) is 1. The number of nitrogens with zero attached hydrogens (tertiary/aromatic N) is 3. The number of likely N-dealkylation sites (tertiary alicyclic amines) is 1. The Hall–Kier alpha value is -4.10. The number of urea groups is 1. The molecule has 3 N–H and O–H groups in total. The summed E-state index contributed by atoms with van der Waals surface area (Å²) in [5, 5.41) is 2.59. The molecule has 0 radical (unpaired) electrons. The van der Waals surface area contributed by atoms with Gasteiger partial charge in [-0.05, 0) is 60.7 Å². The molecule has 2 heterocycles. The Bertz CT molecular complexity index is 1580. The number of halogens is 2. The quantitative estimate of drug-likeness (QED) is 0.242. The van der Waals surface area contributed by atoms with E-state index in [-0.39, 0.29) is 22.2 Å². The maximum absolute atomic E-state index is 14.6. The number of hydrogen-bond donors (Lipinski definition) is 2. The van der Waals surface area contributed by atoms with Gasteiger partial charge in [-0.15, -0.1) is 0 Å². The Morgan fingerprint density at radius 1 is 1.07 bits per heavy atom. The number of benzene rings is 2. The second-order valence-corrected chi connectivity index (χ2v) is 13.3. The minimum absolute atomic E-state index is 0.0605. The Labute approximate surface area is 262 Å². The van der Waals surface area contributed by atoms with Crippen molar-refractivity contribution in [1.82, 2.24) is 14.8 Å². The number of unbranched alkanes of at least 4 members (excludes halogenated alkanes) is 2. The summed E-state index contributed by atoms with van der Waals surface area (Å²) >= 11 is 0. The highest BCUT2D eigenvalue weighted by atomic mass is 32.2. The lowest BCUT2D eigenvalue weighted by Crippen LogP contribution is -2.49. The molecule has 0 bridgehead atoms. The number of sulfone groups is 1. The smallest absolute Gasteiger partial charge is 0.322 e. The molecule has 242 valence electrons. The van der Waals surface area contributed by atoms with Gasteiger partial charge in [0.2, 0.25) is 11.8 Å². The van der Waals surface area contributed by atoms with Crippen molar-refractivity contribution >= 4 is 27.5 Å². The third kappa shape index (κ3) is 9.69. The number of pyridine rings is 1. The Morgan fingerprint density at radius 2 is 1.78 bits per heavy atom. The van der Waals surface area contributed by atoms with E-state index in [1.165, 1.54) is 12.1 Å². The number of carbonyl (C=O) groups is 2. The van der Waals surface area contributed by atoms with Crippen molar-refractivity contribution < 1.29 is 31.5 Å². The molecule has 0 atom stereocenters. The summed E-state index contributed by atoms with van der Waals surface area (Å²) in [7, 11) is -3.29. The molecule has 2 aromatic carbocycles. The zero-order valence-electron chi connectivity index (χ0n) is 25.5. The topological polar surface area (TPSA) is 135 Å². The second kappa shape index (κ2) is 15.3. The van der Waals surface area contributed by atoms with Crippen LogP contribution in [0.25, 0.3) is 0 Å². The third-order valence-corrected chi connectivity index (χ3v) is 8.81. The Morgan fingerprint density at radius 3 is 2.38 bits per heavy atom. The van der Waals surface area contributed by atoms with Crippen molar-refractivity contribution in [1.29, 1.82) is 0 Å². The van der Waals surface area contributed by atoms with Crippen LogP contribution in [-0.4, -0.2) is 67.1 Å². The zero-order valence-corrected chi connectivity index (χ0v) is 26.3. The molecule has 1 aliphatic heterocycles. The van der Waals surface area contributed by atoms with Crippen LogP contribution in [0, 0.1) is 11.6 Å². The van der Waals surface area contributed by atoms with Gasteiger partial charge in [-0.2, -0.15) is 0 Å². The van der Waals surface area contributed by atoms with Gasteiger partial charge in [0.1, 0.15) is 17.4 Å². The summed E-state index contributed by atoms with van der Waals surface area (Å²) in [4.78, 5) is 33.3. The Balaban J connectivity index is 1.34. The number of nitrogens with one attached hydrogen (secondary N) is 1. The summed E-state index contributed by atoms with van der Waals surface area (Å²) in [6.07, 6.45) is 6.63. The molecular formula is C32H39F2N5O5S. The molecule has 0 saturated carbocycles. The number of primary amides is 1. The largest absolute Gasteiger partial charge is 0.439 e. The molecule has 10 nitrogen and oxygen atoms in total. The van der Waals surface area contributed by atoms with Crippen molar-refractivity contribution in [3.05, 3.63) is 77.5 Å². The molecule has 0 spiro atoms. The van der Waals surface area contributed by atoms with Crippen LogP contribution in [0.5, 0.6) is 11.6 Å². The summed E-state index contributed by atoms with van der Waals surface area (Å²) in [5.41, 5.74) is 5.90. The van der Waals surface area contributed by atoms with Crippen LogP contribution >= 0.6 is 0 Å². The van der Waals surface area contributed by atoms with Crippen LogP contribution in [-0.2, 0) is 27.6 Å². The van der Waals surface area contributed by atoms with Gasteiger partial charge >= 0.3 is 6.03 Å². The van der Waals surface area contributed by atoms with E-state index >= 15 is 0 Å². The summed E-state index contributed by atoms with van der Waals surface area (Å²) in [6.45, 7) is 4.71. The highest BCUT2D eigenvalue weighted by Gasteiger charge is 2.28. The van der Waals surface area contributed by atoms with Crippen LogP contribution < -0.4 is 15.8 Å². The van der Waals surface area contributed by atoms with Crippen LogP contribution in [0.3, 0.4) is 0 Å². The van der Waals surface area contributed by atoms with E-state index in [2.05, 4.69) is 22.1 Å². The maximum atomic E-state index is 14.6. The molecule has 0 unspecified atom stereocenters. The first-order valence-corrected chi connectivity index (χ1v) is 16.8. The highest BCUT2D eigenvalue weighted by Crippen LogP contribution is 2.25. The van der Waals surface area contributed by atoms with Gasteiger partial charge in [-0.25, -0.2) is 27.0 Å². The normalized spacial score (nSPS) is 14.2. The van der Waals surface area contributed by atoms with Crippen LogP contribution in [0.1, 0.15) is 50.2 Å². The van der Waals surface area contributed by atoms with Gasteiger partial charge < -0.3 is 20.7 Å². The molecule has 1 aromatic heterocycles. The maximum Gasteiger partial charge on any atom is 0.322 e. The first-order chi connectivity index (χ1) is 21.4. The molecule has 4 rings (SSSR count). The van der Waals surface area contributed by atoms with E-state index in [0.29, 0.717) is 30.8 Å². The number of rotatable bonds is 13. The molecule has 13 heteroatoms. The molecule has 1 saturated heterocycles. The van der Waals surface area contributed by atoms with Gasteiger partial charge in [0, 0.05) is 56.8 Å². The summed E-state index contributed by atoms with van der Waals surface area (Å²) in [5.74, 6) is -1.71. The minimum Gasteiger partial charge on any atom is -0.439 e. The molecule has 3 aromatic rings. The average Bonchev–Trinajstić information content (AvgIpc) is 2.99. The van der Waals surface area contributed by atoms with Crippen LogP contribution in [0.4, 0.5) is 19.3 Å². The average molecular weight is 644 g/mol. The lowest BCUT2D eigenvalue weighted by Gasteiger charge is -2.38. The number of hydrogen-bond acceptors (Lipinski definition) is 7. The molecule has 1 aliphatic rings. The third-order valence-electron chi connectivity index (χ3n) is 7.68. The number of piperidine rings is 1. The standard InChI is InChI=1S/C32H39F2N5O5S/c1-3-4-5-14-39(32(41)37-29-17-23(18-30(35)40)27(33)19-28(29)34)24-12-15-38(16-13-24)21-22-6-11-31(36-20-22)44-25-7-9-26(10-8-25)45(2,42)43/h6-11,17,19-20,24H,3-5,12-16,18,21H2,1-2H3,(H2,35,40)(H,37,41). The number of amides is 3. The molecule has 0 aliphatic carbocycles. The van der Waals surface area contributed by atoms with Crippen LogP contribution in [0.15, 0.2) is 59.6 Å². The van der Waals surface area contributed by atoms with E-state index in [4.69, 9.17) is 10.5 Å². The van der Waals surface area contributed by atoms with Gasteiger partial charge in [-0.1, -0.05) is 25.8 Å². The number of ether oxygens (including phenoxy) is 1. The van der Waals surface area contributed by atoms with Crippen molar-refractivity contribution in [2.24, 2.45) is 5.73 Å². The van der Waals surface area contributed by atoms with Crippen molar-refractivity contribution in [3.63, 3.8) is 0 Å². The van der Waals surface area contributed by atoms with Gasteiger partial charge in [0.15, 0.2) is 9.84 Å². The molecule has 1 fully saturated rings. The van der Waals surface area contributed by atoms with Gasteiger partial charge in [0.25, 0.3) is 0 Å². The second-order valence-electron chi connectivity index (χ2n) is 11.3. The first kappa shape index (κ1) is 33.8. The van der Waals surface area contributed by atoms with E-state index in [1.54, 1.807) is 29.3 Å². The number of anilines is 1. The summed E-state index contributed by atoms with van der Waals surface area (Å²) < 4.78 is 57.7. The van der Waals surface area contributed by atoms with Crippen LogP contribution in [0.2, 0.25) is 0 Å². The lowest BCUT2D eigenvalue weighted by molar-refractivity contribution is -0.117. The molecule has 3 amide bonds. The van der Waals surface area contributed by atoms with E-state index < -0.39 is 39.8 Å². The monoisotopic (exact) mass is 643 g/mol. The van der Waals surface area contributed by atoms with E-state index in [9.17, 15) is 26.8 Å². The van der Waals surface area contributed by atoms with E-state index in [0.717, 1.165) is 63.1 Å². The highest BCUT2D eigenvalue weighted by molar-refractivity contribution is 7.90. The molecule has 45 heavy (non-hydrogen) atoms. The number of aromatic nitrogens is 1. The minimum atomic E-state index is -3.29. The number of carbonyl (C=O) groups excluding carboxylic acids is 2. The van der Waals surface area contributed by atoms with E-state index in [1.807, 2.05) is 6.07 Å². The lowest BCUT2D eigenvalue weighted by atomic mass is 10.0. The van der Waals surface area contributed by atoms with Crippen molar-refractivity contribution in [2.45, 2.75) is 62.9 Å². The first-order valence-electron chi connectivity index (χ1n) is 14.9. The fraction of sp³-hybridized carbons (Fsp3) is 0.406. The zero-order chi connectivity index (χ0) is 32.6. The fourth-order valence-electron chi connectivity index (χ4n) is 5.27. The van der Waals surface area contributed by atoms with Gasteiger partial charge in [0.05, 0.1) is 17.0 Å². The van der Waals surface area contributed by atoms with Gasteiger partial charge in [-0.3, -0.25) is 9.69 Å².